The van der Waals surface area contributed by atoms with Crippen molar-refractivity contribution in [3.8, 4) is 17.1 Å². The van der Waals surface area contributed by atoms with E-state index in [1.54, 1.807) is 25.3 Å². The molecule has 0 spiro atoms. The number of carbonyl (C=O) groups is 1. The normalized spacial score (nSPS) is 15.0. The average Bonchev–Trinajstić information content (AvgIpc) is 2.98. The monoisotopic (exact) mass is 576 g/mol. The molecule has 0 saturated carbocycles. The maximum Gasteiger partial charge on any atom is 0.135 e. The number of halogens is 1. The summed E-state index contributed by atoms with van der Waals surface area (Å²) in [5.74, 6) is 0.446. The van der Waals surface area contributed by atoms with Crippen molar-refractivity contribution in [3.05, 3.63) is 95.9 Å². The molecule has 3 aromatic rings. The fraction of sp³-hybridized carbons (Fsp3) is 0.314. The van der Waals surface area contributed by atoms with E-state index in [1.807, 2.05) is 42.5 Å². The number of hydrogen-bond donors (Lipinski definition) is 1. The van der Waals surface area contributed by atoms with Gasteiger partial charge < -0.3 is 14.8 Å². The van der Waals surface area contributed by atoms with Crippen LogP contribution in [0, 0.1) is 11.7 Å². The number of pyridine rings is 1. The van der Waals surface area contributed by atoms with Crippen molar-refractivity contribution in [1.82, 2.24) is 19.4 Å². The van der Waals surface area contributed by atoms with Crippen LogP contribution in [0.15, 0.2) is 84.0 Å². The van der Waals surface area contributed by atoms with Crippen molar-refractivity contribution in [3.63, 3.8) is 0 Å². The van der Waals surface area contributed by atoms with Gasteiger partial charge in [0.15, 0.2) is 0 Å². The van der Waals surface area contributed by atoms with E-state index in [4.69, 9.17) is 9.98 Å². The zero-order valence-electron chi connectivity index (χ0n) is 24.9. The Morgan fingerprint density at radius 3 is 2.51 bits per heavy atom. The quantitative estimate of drug-likeness (QED) is 0.212. The van der Waals surface area contributed by atoms with Gasteiger partial charge in [-0.3, -0.25) is 14.8 Å². The molecule has 1 aliphatic carbocycles. The lowest BCUT2D eigenvalue weighted by Crippen LogP contribution is -2.38. The number of likely N-dealkylation sites (tertiary alicyclic amines) is 1. The second kappa shape index (κ2) is 12.4. The molecule has 6 rings (SSSR count). The molecule has 0 atom stereocenters. The van der Waals surface area contributed by atoms with Crippen LogP contribution in [-0.2, 0) is 11.2 Å². The van der Waals surface area contributed by atoms with Crippen molar-refractivity contribution in [2.75, 3.05) is 25.0 Å². The minimum Gasteiger partial charge on any atom is -0.352 e. The zero-order valence-corrected chi connectivity index (χ0v) is 24.9. The predicted molar refractivity (Wildman–Crippen MR) is 169 cm³/mol. The topological polar surface area (TPSA) is 75.4 Å². The molecule has 1 fully saturated rings. The molecule has 0 amide bonds. The van der Waals surface area contributed by atoms with Gasteiger partial charge in [0.05, 0.1) is 51.4 Å². The Morgan fingerprint density at radius 2 is 1.81 bits per heavy atom. The number of Topliss-reactive ketones (excluding diaryl/α,β-unsaturated/α-hetero) is 1. The highest BCUT2D eigenvalue weighted by molar-refractivity contribution is 5.84. The van der Waals surface area contributed by atoms with Crippen molar-refractivity contribution in [2.45, 2.75) is 46.1 Å². The summed E-state index contributed by atoms with van der Waals surface area (Å²) in [6.07, 6.45) is 4.06. The second-order valence-electron chi connectivity index (χ2n) is 11.9. The first kappa shape index (κ1) is 28.7. The SMILES string of the molecule is CC(=O)Cc1ccc(Nc2cc3nc4ccccc4n(-c4ccc(F)cc4)c-3cc2=NC2CCN(CC(C)C)CC2)cn1. The Kier molecular flexibility index (Phi) is 8.29. The Bertz CT molecular complexity index is 1770. The van der Waals surface area contributed by atoms with Crippen LogP contribution >= 0.6 is 0 Å². The zero-order chi connectivity index (χ0) is 29.9. The fourth-order valence-corrected chi connectivity index (χ4v) is 5.87. The van der Waals surface area contributed by atoms with Crippen LogP contribution in [-0.4, -0.2) is 50.9 Å². The van der Waals surface area contributed by atoms with E-state index < -0.39 is 0 Å². The van der Waals surface area contributed by atoms with Crippen LogP contribution in [0.1, 0.15) is 39.3 Å². The Labute approximate surface area is 251 Å². The summed E-state index contributed by atoms with van der Waals surface area (Å²) < 4.78 is 16.1. The van der Waals surface area contributed by atoms with Crippen LogP contribution < -0.4 is 10.7 Å². The van der Waals surface area contributed by atoms with Gasteiger partial charge in [0.2, 0.25) is 0 Å². The summed E-state index contributed by atoms with van der Waals surface area (Å²) >= 11 is 0. The number of piperidine rings is 1. The first-order valence-corrected chi connectivity index (χ1v) is 15.0. The Morgan fingerprint density at radius 1 is 1.05 bits per heavy atom. The van der Waals surface area contributed by atoms with Crippen molar-refractivity contribution >= 4 is 28.2 Å². The van der Waals surface area contributed by atoms with Gasteiger partial charge in [-0.15, -0.1) is 0 Å². The molecule has 2 aliphatic heterocycles. The standard InChI is InChI=1S/C35H37FN6O/c1-23(2)22-41-16-14-26(15-17-41)38-32-20-35-33(19-31(32)39-28-11-10-27(37-21-28)18-24(3)43)40-30-6-4-5-7-34(30)42(35)29-12-8-25(36)9-13-29/h4-13,19-21,23,26,39H,14-18,22H2,1-3H3. The average molecular weight is 577 g/mol. The number of carbonyl (C=O) groups excluding carboxylic acids is 1. The van der Waals surface area contributed by atoms with E-state index in [1.165, 1.54) is 12.1 Å². The van der Waals surface area contributed by atoms with Gasteiger partial charge in [-0.1, -0.05) is 26.0 Å². The maximum absolute atomic E-state index is 13.9. The second-order valence-corrected chi connectivity index (χ2v) is 11.9. The minimum atomic E-state index is -0.277. The van der Waals surface area contributed by atoms with E-state index >= 15 is 0 Å². The van der Waals surface area contributed by atoms with E-state index in [0.29, 0.717) is 12.3 Å². The lowest BCUT2D eigenvalue weighted by molar-refractivity contribution is -0.116. The fourth-order valence-electron chi connectivity index (χ4n) is 5.87. The summed E-state index contributed by atoms with van der Waals surface area (Å²) in [7, 11) is 0. The van der Waals surface area contributed by atoms with E-state index in [9.17, 15) is 9.18 Å². The van der Waals surface area contributed by atoms with E-state index in [0.717, 1.165) is 83.0 Å². The largest absolute Gasteiger partial charge is 0.352 e. The molecule has 3 aliphatic rings. The molecule has 8 heteroatoms. The number of aromatic nitrogens is 3. The third kappa shape index (κ3) is 6.65. The van der Waals surface area contributed by atoms with Crippen molar-refractivity contribution in [1.29, 1.82) is 0 Å². The van der Waals surface area contributed by atoms with Crippen LogP contribution in [0.3, 0.4) is 0 Å². The first-order valence-electron chi connectivity index (χ1n) is 15.0. The number of nitrogens with one attached hydrogen (secondary N) is 1. The Balaban J connectivity index is 1.48. The summed E-state index contributed by atoms with van der Waals surface area (Å²) in [4.78, 5) is 28.9. The first-order chi connectivity index (χ1) is 20.8. The summed E-state index contributed by atoms with van der Waals surface area (Å²) in [6.45, 7) is 9.27. The molecule has 0 bridgehead atoms. The van der Waals surface area contributed by atoms with Gasteiger partial charge in [0, 0.05) is 37.4 Å². The number of ketones is 1. The number of para-hydroxylation sites is 2. The molecule has 1 aromatic heterocycles. The molecule has 43 heavy (non-hydrogen) atoms. The third-order valence-corrected chi connectivity index (χ3v) is 7.82. The lowest BCUT2D eigenvalue weighted by atomic mass is 10.0. The van der Waals surface area contributed by atoms with Crippen LogP contribution in [0.2, 0.25) is 0 Å². The van der Waals surface area contributed by atoms with Crippen LogP contribution in [0.4, 0.5) is 15.8 Å². The van der Waals surface area contributed by atoms with Crippen molar-refractivity contribution in [2.24, 2.45) is 10.9 Å². The molecule has 1 saturated heterocycles. The van der Waals surface area contributed by atoms with Gasteiger partial charge >= 0.3 is 0 Å². The van der Waals surface area contributed by atoms with Gasteiger partial charge in [0.25, 0.3) is 0 Å². The molecule has 3 heterocycles. The number of benzene rings is 3. The van der Waals surface area contributed by atoms with Gasteiger partial charge in [-0.05, 0) is 86.3 Å². The molecule has 0 unspecified atom stereocenters. The van der Waals surface area contributed by atoms with E-state index in [2.05, 4.69) is 39.7 Å². The predicted octanol–water partition coefficient (Wildman–Crippen LogP) is 6.56. The molecule has 2 aromatic carbocycles. The third-order valence-electron chi connectivity index (χ3n) is 7.82. The molecule has 220 valence electrons. The lowest BCUT2D eigenvalue weighted by Gasteiger charge is -2.31. The van der Waals surface area contributed by atoms with E-state index in [-0.39, 0.29) is 17.6 Å². The number of fused-ring (bicyclic) bond motifs is 2. The molecule has 7 nitrogen and oxygen atoms in total. The highest BCUT2D eigenvalue weighted by atomic mass is 19.1. The van der Waals surface area contributed by atoms with Crippen LogP contribution in [0.25, 0.3) is 28.1 Å². The number of anilines is 2. The molecular formula is C35H37FN6O. The maximum atomic E-state index is 13.9. The molecule has 0 radical (unpaired) electrons. The summed E-state index contributed by atoms with van der Waals surface area (Å²) in [5.41, 5.74) is 6.68. The highest BCUT2D eigenvalue weighted by Gasteiger charge is 2.21. The summed E-state index contributed by atoms with van der Waals surface area (Å²) in [6, 6.07) is 22.7. The number of hydrogen-bond acceptors (Lipinski definition) is 6. The van der Waals surface area contributed by atoms with Crippen LogP contribution in [0.5, 0.6) is 0 Å². The van der Waals surface area contributed by atoms with Gasteiger partial charge in [0.1, 0.15) is 11.6 Å². The molecule has 1 N–H and O–H groups in total. The highest BCUT2D eigenvalue weighted by Crippen LogP contribution is 2.30. The number of rotatable bonds is 8. The number of nitrogens with zero attached hydrogens (tertiary/aromatic N) is 5. The summed E-state index contributed by atoms with van der Waals surface area (Å²) in [5, 5.41) is 4.38. The van der Waals surface area contributed by atoms with Crippen molar-refractivity contribution < 1.29 is 9.18 Å². The smallest absolute Gasteiger partial charge is 0.135 e. The van der Waals surface area contributed by atoms with Gasteiger partial charge in [-0.25, -0.2) is 9.37 Å². The Hall–Kier alpha value is -4.43. The van der Waals surface area contributed by atoms with Gasteiger partial charge in [-0.2, -0.15) is 0 Å². The molecular weight excluding hydrogens is 539 g/mol. The minimum absolute atomic E-state index is 0.0797.